The molecular weight excluding hydrogens is 377 g/mol. The van der Waals surface area contributed by atoms with Gasteiger partial charge in [0.2, 0.25) is 13.8 Å². The van der Waals surface area contributed by atoms with Gasteiger partial charge in [0.15, 0.2) is 5.78 Å². The summed E-state index contributed by atoms with van der Waals surface area (Å²) in [7, 11) is -3.70. The van der Waals surface area contributed by atoms with E-state index in [0.717, 1.165) is 11.3 Å². The lowest BCUT2D eigenvalue weighted by Crippen LogP contribution is -2.47. The summed E-state index contributed by atoms with van der Waals surface area (Å²) >= 11 is 17.9. The van der Waals surface area contributed by atoms with Crippen LogP contribution in [0.3, 0.4) is 0 Å². The van der Waals surface area contributed by atoms with E-state index < -0.39 is 31.6 Å². The van der Waals surface area contributed by atoms with Crippen LogP contribution < -0.4 is 4.72 Å². The topological polar surface area (TPSA) is 63.2 Å². The number of nitrogens with one attached hydrogen (secondary N) is 1. The van der Waals surface area contributed by atoms with Crippen LogP contribution in [0, 0.1) is 11.8 Å². The molecule has 1 heterocycles. The first-order chi connectivity index (χ1) is 9.47. The zero-order chi connectivity index (χ0) is 16.4. The molecule has 1 aromatic heterocycles. The molecule has 0 spiro atoms. The summed E-state index contributed by atoms with van der Waals surface area (Å²) < 4.78 is 25.2. The van der Waals surface area contributed by atoms with Crippen LogP contribution >= 0.6 is 46.1 Å². The lowest BCUT2D eigenvalue weighted by Gasteiger charge is -2.28. The van der Waals surface area contributed by atoms with Crippen molar-refractivity contribution >= 4 is 61.9 Å². The summed E-state index contributed by atoms with van der Waals surface area (Å²) in [5.74, 6) is -1.56. The summed E-state index contributed by atoms with van der Waals surface area (Å²) in [6, 6.07) is 2.46. The van der Waals surface area contributed by atoms with E-state index in [1.807, 2.05) is 0 Å². The quantitative estimate of drug-likeness (QED) is 0.752. The highest BCUT2D eigenvalue weighted by molar-refractivity contribution is 7.91. The number of hydrogen-bond acceptors (Lipinski definition) is 4. The number of sulfonamides is 1. The number of halogens is 3. The van der Waals surface area contributed by atoms with E-state index in [4.69, 9.17) is 34.8 Å². The Kier molecular flexibility index (Phi) is 6.54. The van der Waals surface area contributed by atoms with Crippen LogP contribution in [0.2, 0.25) is 0 Å². The molecule has 1 rings (SSSR count). The highest BCUT2D eigenvalue weighted by atomic mass is 35.6. The minimum atomic E-state index is -3.70. The number of thiophene rings is 1. The van der Waals surface area contributed by atoms with Gasteiger partial charge >= 0.3 is 0 Å². The molecule has 0 saturated heterocycles. The molecule has 0 aliphatic carbocycles. The van der Waals surface area contributed by atoms with E-state index in [0.29, 0.717) is 0 Å². The second-order valence-corrected chi connectivity index (χ2v) is 10.1. The van der Waals surface area contributed by atoms with Gasteiger partial charge < -0.3 is 0 Å². The van der Waals surface area contributed by atoms with E-state index in [-0.39, 0.29) is 10.1 Å². The number of carbonyl (C=O) groups excluding carboxylic acids is 1. The Morgan fingerprint density at radius 3 is 2.24 bits per heavy atom. The van der Waals surface area contributed by atoms with Gasteiger partial charge in [-0.15, -0.1) is 11.3 Å². The maximum Gasteiger partial charge on any atom is 0.250 e. The Morgan fingerprint density at radius 2 is 1.86 bits per heavy atom. The average molecular weight is 393 g/mol. The summed E-state index contributed by atoms with van der Waals surface area (Å²) in [5.41, 5.74) is 0. The first kappa shape index (κ1) is 19.2. The van der Waals surface area contributed by atoms with Crippen molar-refractivity contribution in [2.75, 3.05) is 0 Å². The van der Waals surface area contributed by atoms with Crippen molar-refractivity contribution in [3.63, 3.8) is 0 Å². The second kappa shape index (κ2) is 7.15. The number of hydrogen-bond donors (Lipinski definition) is 1. The zero-order valence-corrected chi connectivity index (χ0v) is 15.5. The molecule has 0 aliphatic rings. The SMILES string of the molecule is CC(C)[C@@H](NS(=O)(=O)c1cccs1)[C@H](C)C(=O)C(Cl)(Cl)Cl. The maximum atomic E-state index is 12.3. The van der Waals surface area contributed by atoms with Crippen LogP contribution in [0.25, 0.3) is 0 Å². The largest absolute Gasteiger partial charge is 0.294 e. The van der Waals surface area contributed by atoms with Crippen molar-refractivity contribution in [1.29, 1.82) is 0 Å². The molecule has 0 fully saturated rings. The van der Waals surface area contributed by atoms with Crippen LogP contribution in [0.1, 0.15) is 20.8 Å². The number of carbonyl (C=O) groups is 1. The Bertz CT molecular complexity index is 579. The van der Waals surface area contributed by atoms with Gasteiger partial charge in [-0.1, -0.05) is 61.6 Å². The summed E-state index contributed by atoms with van der Waals surface area (Å²) in [6.45, 7) is 5.14. The van der Waals surface area contributed by atoms with Crippen molar-refractivity contribution in [3.8, 4) is 0 Å². The third-order valence-corrected chi connectivity index (χ3v) is 6.42. The van der Waals surface area contributed by atoms with E-state index >= 15 is 0 Å². The van der Waals surface area contributed by atoms with Crippen LogP contribution in [0.4, 0.5) is 0 Å². The molecule has 0 aliphatic heterocycles. The number of rotatable bonds is 6. The summed E-state index contributed by atoms with van der Waals surface area (Å²) in [4.78, 5) is 12.1. The molecule has 0 amide bonds. The van der Waals surface area contributed by atoms with Crippen molar-refractivity contribution in [2.24, 2.45) is 11.8 Å². The molecule has 0 radical (unpaired) electrons. The highest BCUT2D eigenvalue weighted by Crippen LogP contribution is 2.32. The van der Waals surface area contributed by atoms with E-state index in [1.165, 1.54) is 6.07 Å². The third kappa shape index (κ3) is 5.08. The fourth-order valence-corrected chi connectivity index (χ4v) is 4.88. The highest BCUT2D eigenvalue weighted by Gasteiger charge is 2.40. The van der Waals surface area contributed by atoms with Gasteiger partial charge in [0.05, 0.1) is 0 Å². The number of ketones is 1. The van der Waals surface area contributed by atoms with Gasteiger partial charge in [-0.05, 0) is 17.4 Å². The molecule has 21 heavy (non-hydrogen) atoms. The van der Waals surface area contributed by atoms with Crippen molar-refractivity contribution in [3.05, 3.63) is 17.5 Å². The van der Waals surface area contributed by atoms with Gasteiger partial charge in [-0.25, -0.2) is 13.1 Å². The van der Waals surface area contributed by atoms with E-state index in [1.54, 1.807) is 32.2 Å². The molecule has 0 bridgehead atoms. The van der Waals surface area contributed by atoms with Crippen molar-refractivity contribution in [2.45, 2.75) is 34.8 Å². The lowest BCUT2D eigenvalue weighted by atomic mass is 9.90. The van der Waals surface area contributed by atoms with Crippen LogP contribution in [0.15, 0.2) is 21.7 Å². The van der Waals surface area contributed by atoms with Crippen molar-refractivity contribution < 1.29 is 13.2 Å². The van der Waals surface area contributed by atoms with E-state index in [9.17, 15) is 13.2 Å². The smallest absolute Gasteiger partial charge is 0.250 e. The molecule has 120 valence electrons. The second-order valence-electron chi connectivity index (χ2n) is 4.97. The van der Waals surface area contributed by atoms with Gasteiger partial charge in [0, 0.05) is 12.0 Å². The molecular formula is C12H16Cl3NO3S2. The predicted octanol–water partition coefficient (Wildman–Crippen LogP) is 3.63. The van der Waals surface area contributed by atoms with Crippen LogP contribution in [-0.4, -0.2) is 24.0 Å². The molecule has 2 atom stereocenters. The standard InChI is InChI=1S/C12H16Cl3NO3S2/c1-7(2)10(8(3)11(17)12(13,14)15)16-21(18,19)9-5-4-6-20-9/h4-8,10,16H,1-3H3/t8-,10+/m0/s1. The summed E-state index contributed by atoms with van der Waals surface area (Å²) in [5, 5.41) is 1.66. The average Bonchev–Trinajstić information content (AvgIpc) is 2.87. The lowest BCUT2D eigenvalue weighted by molar-refractivity contribution is -0.122. The van der Waals surface area contributed by atoms with Crippen LogP contribution in [0.5, 0.6) is 0 Å². The Labute approximate surface area is 143 Å². The predicted molar refractivity (Wildman–Crippen MR) is 87.7 cm³/mol. The molecule has 0 saturated carbocycles. The molecule has 0 unspecified atom stereocenters. The fourth-order valence-electron chi connectivity index (χ4n) is 1.89. The fraction of sp³-hybridized carbons (Fsp3) is 0.583. The van der Waals surface area contributed by atoms with E-state index in [2.05, 4.69) is 4.72 Å². The van der Waals surface area contributed by atoms with Gasteiger partial charge in [0.25, 0.3) is 0 Å². The van der Waals surface area contributed by atoms with Gasteiger partial charge in [-0.2, -0.15) is 0 Å². The Hall–Kier alpha value is 0.150. The first-order valence-corrected chi connectivity index (χ1v) is 9.63. The normalized spacial score (nSPS) is 16.0. The third-order valence-electron chi connectivity index (χ3n) is 3.00. The Balaban J connectivity index is 3.02. The molecule has 4 nitrogen and oxygen atoms in total. The van der Waals surface area contributed by atoms with Crippen molar-refractivity contribution in [1.82, 2.24) is 4.72 Å². The first-order valence-electron chi connectivity index (χ1n) is 6.13. The molecule has 9 heteroatoms. The monoisotopic (exact) mass is 391 g/mol. The molecule has 0 aromatic carbocycles. The van der Waals surface area contributed by atoms with Gasteiger partial charge in [-0.3, -0.25) is 4.79 Å². The Morgan fingerprint density at radius 1 is 1.29 bits per heavy atom. The van der Waals surface area contributed by atoms with Crippen LogP contribution in [-0.2, 0) is 14.8 Å². The number of Topliss-reactive ketones (excluding diaryl/α,β-unsaturated/α-hetero) is 1. The minimum Gasteiger partial charge on any atom is -0.294 e. The number of alkyl halides is 3. The molecule has 1 N–H and O–H groups in total. The zero-order valence-electron chi connectivity index (χ0n) is 11.6. The van der Waals surface area contributed by atoms with Gasteiger partial charge in [0.1, 0.15) is 4.21 Å². The summed E-state index contributed by atoms with van der Waals surface area (Å²) in [6.07, 6.45) is 0. The molecule has 1 aromatic rings. The maximum absolute atomic E-state index is 12.3. The minimum absolute atomic E-state index is 0.147.